The first-order valence-corrected chi connectivity index (χ1v) is 9.08. The molecule has 2 rings (SSSR count). The van der Waals surface area contributed by atoms with E-state index in [-0.39, 0.29) is 5.92 Å². The SMILES string of the molecule is O=S1(=O)CCC(CNCc2ncc(Br)cc2Br)C1. The van der Waals surface area contributed by atoms with Gasteiger partial charge in [0.05, 0.1) is 17.2 Å². The maximum atomic E-state index is 11.3. The van der Waals surface area contributed by atoms with E-state index in [4.69, 9.17) is 0 Å². The molecule has 0 aromatic carbocycles. The third kappa shape index (κ3) is 4.01. The van der Waals surface area contributed by atoms with Crippen LogP contribution in [0.5, 0.6) is 0 Å². The van der Waals surface area contributed by atoms with E-state index in [1.165, 1.54) is 0 Å². The standard InChI is InChI=1S/C11H14Br2N2O2S/c12-9-3-10(13)11(15-5-9)6-14-4-8-1-2-18(16,17)7-8/h3,5,8,14H,1-2,4,6-7H2. The Bertz CT molecular complexity index is 534. The van der Waals surface area contributed by atoms with Gasteiger partial charge in [-0.3, -0.25) is 4.98 Å². The number of sulfone groups is 1. The molecule has 4 nitrogen and oxygen atoms in total. The van der Waals surface area contributed by atoms with Gasteiger partial charge in [-0.1, -0.05) is 0 Å². The van der Waals surface area contributed by atoms with Gasteiger partial charge in [-0.05, 0) is 56.8 Å². The average molecular weight is 398 g/mol. The van der Waals surface area contributed by atoms with Gasteiger partial charge in [-0.2, -0.15) is 0 Å². The van der Waals surface area contributed by atoms with Crippen molar-refractivity contribution in [2.45, 2.75) is 13.0 Å². The van der Waals surface area contributed by atoms with E-state index < -0.39 is 9.84 Å². The molecule has 100 valence electrons. The normalized spacial score (nSPS) is 22.2. The number of hydrogen-bond acceptors (Lipinski definition) is 4. The van der Waals surface area contributed by atoms with E-state index in [9.17, 15) is 8.42 Å². The molecule has 1 aliphatic rings. The lowest BCUT2D eigenvalue weighted by atomic mass is 10.1. The first-order chi connectivity index (χ1) is 8.46. The minimum Gasteiger partial charge on any atom is -0.311 e. The fraction of sp³-hybridized carbons (Fsp3) is 0.545. The molecule has 1 atom stereocenters. The molecule has 1 saturated heterocycles. The number of aromatic nitrogens is 1. The van der Waals surface area contributed by atoms with E-state index in [0.717, 1.165) is 27.6 Å². The van der Waals surface area contributed by atoms with Crippen LogP contribution in [-0.4, -0.2) is 31.5 Å². The summed E-state index contributed by atoms with van der Waals surface area (Å²) < 4.78 is 24.5. The van der Waals surface area contributed by atoms with Gasteiger partial charge in [-0.15, -0.1) is 0 Å². The van der Waals surface area contributed by atoms with E-state index in [1.54, 1.807) is 6.20 Å². The quantitative estimate of drug-likeness (QED) is 0.845. The number of hydrogen-bond donors (Lipinski definition) is 1. The average Bonchev–Trinajstić information content (AvgIpc) is 2.61. The highest BCUT2D eigenvalue weighted by molar-refractivity contribution is 9.11. The molecule has 0 amide bonds. The van der Waals surface area contributed by atoms with Gasteiger partial charge in [0.1, 0.15) is 0 Å². The molecule has 1 aromatic heterocycles. The fourth-order valence-corrected chi connectivity index (χ4v) is 4.99. The van der Waals surface area contributed by atoms with Crippen molar-refractivity contribution in [1.29, 1.82) is 0 Å². The second-order valence-electron chi connectivity index (χ2n) is 4.48. The van der Waals surface area contributed by atoms with Gasteiger partial charge in [0.15, 0.2) is 9.84 Å². The third-order valence-electron chi connectivity index (χ3n) is 2.94. The number of nitrogens with one attached hydrogen (secondary N) is 1. The van der Waals surface area contributed by atoms with E-state index >= 15 is 0 Å². The van der Waals surface area contributed by atoms with Crippen LogP contribution < -0.4 is 5.32 Å². The van der Waals surface area contributed by atoms with Crippen LogP contribution in [0.15, 0.2) is 21.2 Å². The Hall–Kier alpha value is 0.0200. The van der Waals surface area contributed by atoms with Crippen molar-refractivity contribution in [2.24, 2.45) is 5.92 Å². The van der Waals surface area contributed by atoms with Crippen molar-refractivity contribution in [3.05, 3.63) is 26.9 Å². The van der Waals surface area contributed by atoms with Gasteiger partial charge in [0.2, 0.25) is 0 Å². The molecule has 1 aliphatic heterocycles. The van der Waals surface area contributed by atoms with Gasteiger partial charge < -0.3 is 5.32 Å². The zero-order valence-corrected chi connectivity index (χ0v) is 13.7. The van der Waals surface area contributed by atoms with Crippen molar-refractivity contribution < 1.29 is 8.42 Å². The van der Waals surface area contributed by atoms with Crippen molar-refractivity contribution in [3.63, 3.8) is 0 Å². The van der Waals surface area contributed by atoms with Crippen LogP contribution in [-0.2, 0) is 16.4 Å². The Morgan fingerprint density at radius 3 is 2.83 bits per heavy atom. The number of halogens is 2. The molecule has 1 fully saturated rings. The summed E-state index contributed by atoms with van der Waals surface area (Å²) in [7, 11) is -2.78. The predicted molar refractivity (Wildman–Crippen MR) is 78.1 cm³/mol. The summed E-state index contributed by atoms with van der Waals surface area (Å²) in [6.45, 7) is 1.37. The largest absolute Gasteiger partial charge is 0.311 e. The Labute approximate surface area is 124 Å². The highest BCUT2D eigenvalue weighted by Gasteiger charge is 2.27. The smallest absolute Gasteiger partial charge is 0.150 e. The minimum atomic E-state index is -2.78. The summed E-state index contributed by atoms with van der Waals surface area (Å²) in [5.74, 6) is 0.887. The topological polar surface area (TPSA) is 59.1 Å². The zero-order chi connectivity index (χ0) is 13.2. The second kappa shape index (κ2) is 5.98. The highest BCUT2D eigenvalue weighted by atomic mass is 79.9. The predicted octanol–water partition coefficient (Wildman–Crippen LogP) is 2.13. The van der Waals surface area contributed by atoms with Crippen molar-refractivity contribution in [3.8, 4) is 0 Å². The zero-order valence-electron chi connectivity index (χ0n) is 9.70. The second-order valence-corrected chi connectivity index (χ2v) is 8.48. The minimum absolute atomic E-state index is 0.240. The fourth-order valence-electron chi connectivity index (χ4n) is 2.00. The summed E-state index contributed by atoms with van der Waals surface area (Å²) in [5.41, 5.74) is 0.930. The van der Waals surface area contributed by atoms with Crippen LogP contribution >= 0.6 is 31.9 Å². The molecule has 1 unspecified atom stereocenters. The molecule has 2 heterocycles. The van der Waals surface area contributed by atoms with Gasteiger partial charge >= 0.3 is 0 Å². The molecule has 18 heavy (non-hydrogen) atoms. The van der Waals surface area contributed by atoms with Crippen molar-refractivity contribution >= 4 is 41.7 Å². The van der Waals surface area contributed by atoms with E-state index in [2.05, 4.69) is 42.2 Å². The van der Waals surface area contributed by atoms with Crippen LogP contribution in [0.3, 0.4) is 0 Å². The Kier molecular flexibility index (Phi) is 4.80. The van der Waals surface area contributed by atoms with Crippen LogP contribution in [0.1, 0.15) is 12.1 Å². The molecule has 0 bridgehead atoms. The van der Waals surface area contributed by atoms with Gasteiger partial charge in [0.25, 0.3) is 0 Å². The van der Waals surface area contributed by atoms with Gasteiger partial charge in [-0.25, -0.2) is 8.42 Å². The van der Waals surface area contributed by atoms with Crippen molar-refractivity contribution in [1.82, 2.24) is 10.3 Å². The molecule has 0 saturated carbocycles. The van der Waals surface area contributed by atoms with Crippen LogP contribution in [0.4, 0.5) is 0 Å². The van der Waals surface area contributed by atoms with E-state index in [0.29, 0.717) is 18.1 Å². The Morgan fingerprint density at radius 1 is 1.44 bits per heavy atom. The van der Waals surface area contributed by atoms with Crippen LogP contribution in [0, 0.1) is 5.92 Å². The maximum absolute atomic E-state index is 11.3. The maximum Gasteiger partial charge on any atom is 0.150 e. The lowest BCUT2D eigenvalue weighted by Gasteiger charge is -2.10. The van der Waals surface area contributed by atoms with E-state index in [1.807, 2.05) is 6.07 Å². The number of pyridine rings is 1. The Balaban J connectivity index is 1.82. The lowest BCUT2D eigenvalue weighted by Crippen LogP contribution is -2.23. The van der Waals surface area contributed by atoms with Crippen LogP contribution in [0.25, 0.3) is 0 Å². The van der Waals surface area contributed by atoms with Gasteiger partial charge in [0, 0.05) is 21.7 Å². The molecule has 1 N–H and O–H groups in total. The molecular formula is C11H14Br2N2O2S. The molecule has 0 aliphatic carbocycles. The number of nitrogens with zero attached hydrogens (tertiary/aromatic N) is 1. The molecule has 0 spiro atoms. The summed E-state index contributed by atoms with van der Waals surface area (Å²) >= 11 is 6.80. The third-order valence-corrected chi connectivity index (χ3v) is 5.89. The molecule has 7 heteroatoms. The summed E-state index contributed by atoms with van der Waals surface area (Å²) in [6.07, 6.45) is 2.52. The summed E-state index contributed by atoms with van der Waals surface area (Å²) in [6, 6.07) is 1.95. The summed E-state index contributed by atoms with van der Waals surface area (Å²) in [4.78, 5) is 4.30. The monoisotopic (exact) mass is 396 g/mol. The lowest BCUT2D eigenvalue weighted by molar-refractivity contribution is 0.517. The highest BCUT2D eigenvalue weighted by Crippen LogP contribution is 2.20. The number of rotatable bonds is 4. The Morgan fingerprint density at radius 2 is 2.22 bits per heavy atom. The van der Waals surface area contributed by atoms with Crippen molar-refractivity contribution in [2.75, 3.05) is 18.1 Å². The summed E-state index contributed by atoms with van der Waals surface area (Å²) in [5, 5.41) is 3.27. The first kappa shape index (κ1) is 14.4. The molecular weight excluding hydrogens is 384 g/mol. The van der Waals surface area contributed by atoms with Crippen LogP contribution in [0.2, 0.25) is 0 Å². The molecule has 0 radical (unpaired) electrons. The first-order valence-electron chi connectivity index (χ1n) is 5.67. The molecule has 1 aromatic rings.